The molecule has 22 heavy (non-hydrogen) atoms. The molecule has 6 nitrogen and oxygen atoms in total. The van der Waals surface area contributed by atoms with Gasteiger partial charge in [0.1, 0.15) is 12.4 Å². The van der Waals surface area contributed by atoms with Gasteiger partial charge < -0.3 is 23.9 Å². The SMILES string of the molecule is COCc1ccc(C(=O)N2CCC3(CC2)[C@@H](O)C[C@H]3OC)o1. The minimum Gasteiger partial charge on any atom is -0.453 e. The van der Waals surface area contributed by atoms with Gasteiger partial charge in [-0.3, -0.25) is 4.79 Å². The molecular formula is C16H23NO5. The normalized spacial score (nSPS) is 27.0. The molecular weight excluding hydrogens is 286 g/mol. The molecule has 2 heterocycles. The van der Waals surface area contributed by atoms with E-state index in [1.165, 1.54) is 0 Å². The molecule has 1 saturated carbocycles. The minimum absolute atomic E-state index is 0.0972. The largest absolute Gasteiger partial charge is 0.453 e. The zero-order valence-corrected chi connectivity index (χ0v) is 13.1. The predicted molar refractivity (Wildman–Crippen MR) is 78.4 cm³/mol. The van der Waals surface area contributed by atoms with Gasteiger partial charge in [0.15, 0.2) is 5.76 Å². The fourth-order valence-corrected chi connectivity index (χ4v) is 3.71. The lowest BCUT2D eigenvalue weighted by molar-refractivity contribution is -0.199. The Balaban J connectivity index is 1.62. The van der Waals surface area contributed by atoms with Crippen molar-refractivity contribution >= 4 is 5.91 Å². The lowest BCUT2D eigenvalue weighted by Crippen LogP contribution is -2.62. The van der Waals surface area contributed by atoms with E-state index in [0.717, 1.165) is 12.8 Å². The van der Waals surface area contributed by atoms with Gasteiger partial charge in [-0.1, -0.05) is 0 Å². The molecule has 1 aliphatic carbocycles. The highest BCUT2D eigenvalue weighted by molar-refractivity contribution is 5.91. The molecule has 122 valence electrons. The number of hydrogen-bond acceptors (Lipinski definition) is 5. The molecule has 1 N–H and O–H groups in total. The van der Waals surface area contributed by atoms with Crippen molar-refractivity contribution in [2.45, 2.75) is 38.1 Å². The van der Waals surface area contributed by atoms with E-state index >= 15 is 0 Å². The topological polar surface area (TPSA) is 72.1 Å². The zero-order valence-electron chi connectivity index (χ0n) is 13.1. The van der Waals surface area contributed by atoms with Crippen LogP contribution in [0.15, 0.2) is 16.5 Å². The average Bonchev–Trinajstić information content (AvgIpc) is 3.00. The van der Waals surface area contributed by atoms with Gasteiger partial charge in [-0.15, -0.1) is 0 Å². The van der Waals surface area contributed by atoms with Gasteiger partial charge in [0.25, 0.3) is 5.91 Å². The monoisotopic (exact) mass is 309 g/mol. The van der Waals surface area contributed by atoms with Crippen LogP contribution in [0.5, 0.6) is 0 Å². The second kappa shape index (κ2) is 6.02. The van der Waals surface area contributed by atoms with Crippen LogP contribution >= 0.6 is 0 Å². The molecule has 3 rings (SSSR count). The fraction of sp³-hybridized carbons (Fsp3) is 0.688. The van der Waals surface area contributed by atoms with Crippen LogP contribution in [-0.2, 0) is 16.1 Å². The Morgan fingerprint density at radius 1 is 1.41 bits per heavy atom. The van der Waals surface area contributed by atoms with Gasteiger partial charge in [-0.2, -0.15) is 0 Å². The number of hydrogen-bond donors (Lipinski definition) is 1. The highest BCUT2D eigenvalue weighted by Crippen LogP contribution is 2.50. The summed E-state index contributed by atoms with van der Waals surface area (Å²) in [6.45, 7) is 1.60. The maximum Gasteiger partial charge on any atom is 0.289 e. The summed E-state index contributed by atoms with van der Waals surface area (Å²) in [7, 11) is 3.28. The van der Waals surface area contributed by atoms with E-state index < -0.39 is 0 Å². The first-order valence-corrected chi connectivity index (χ1v) is 7.68. The second-order valence-corrected chi connectivity index (χ2v) is 6.20. The highest BCUT2D eigenvalue weighted by atomic mass is 16.5. The van der Waals surface area contributed by atoms with E-state index in [1.54, 1.807) is 31.3 Å². The average molecular weight is 309 g/mol. The Morgan fingerprint density at radius 2 is 2.14 bits per heavy atom. The molecule has 1 aromatic heterocycles. The first-order chi connectivity index (χ1) is 10.6. The Labute approximate surface area is 130 Å². The summed E-state index contributed by atoms with van der Waals surface area (Å²) >= 11 is 0. The lowest BCUT2D eigenvalue weighted by Gasteiger charge is -2.56. The first-order valence-electron chi connectivity index (χ1n) is 7.68. The van der Waals surface area contributed by atoms with Crippen LogP contribution in [0.1, 0.15) is 35.6 Å². The number of carbonyl (C=O) groups excluding carboxylic acids is 1. The van der Waals surface area contributed by atoms with Crippen LogP contribution in [0.25, 0.3) is 0 Å². The fourth-order valence-electron chi connectivity index (χ4n) is 3.71. The summed E-state index contributed by atoms with van der Waals surface area (Å²) in [6.07, 6.45) is 2.03. The van der Waals surface area contributed by atoms with Crippen LogP contribution in [-0.4, -0.2) is 55.4 Å². The lowest BCUT2D eigenvalue weighted by atomic mass is 9.58. The van der Waals surface area contributed by atoms with Gasteiger partial charge in [-0.05, 0) is 25.0 Å². The summed E-state index contributed by atoms with van der Waals surface area (Å²) < 4.78 is 16.0. The van der Waals surface area contributed by atoms with E-state index in [9.17, 15) is 9.90 Å². The summed E-state index contributed by atoms with van der Waals surface area (Å²) in [6, 6.07) is 3.45. The summed E-state index contributed by atoms with van der Waals surface area (Å²) in [5.41, 5.74) is -0.171. The van der Waals surface area contributed by atoms with Crippen LogP contribution < -0.4 is 0 Å². The summed E-state index contributed by atoms with van der Waals surface area (Å²) in [4.78, 5) is 14.3. The number of likely N-dealkylation sites (tertiary alicyclic amines) is 1. The Morgan fingerprint density at radius 3 is 2.73 bits per heavy atom. The van der Waals surface area contributed by atoms with Gasteiger partial charge in [0.05, 0.1) is 12.2 Å². The molecule has 1 amide bonds. The molecule has 0 radical (unpaired) electrons. The summed E-state index contributed by atoms with van der Waals surface area (Å²) in [5, 5.41) is 10.1. The molecule has 1 spiro atoms. The summed E-state index contributed by atoms with van der Waals surface area (Å²) in [5.74, 6) is 0.897. The number of furan rings is 1. The standard InChI is InChI=1S/C16H23NO5/c1-20-10-11-3-4-12(22-11)15(19)17-7-5-16(6-8-17)13(18)9-14(16)21-2/h3-4,13-14,18H,5-10H2,1-2H3/t13-,14+/m0/s1. The third kappa shape index (κ3) is 2.45. The number of carbonyl (C=O) groups is 1. The molecule has 0 aromatic carbocycles. The van der Waals surface area contributed by atoms with Gasteiger partial charge in [-0.25, -0.2) is 0 Å². The van der Waals surface area contributed by atoms with E-state index in [2.05, 4.69) is 0 Å². The second-order valence-electron chi connectivity index (χ2n) is 6.20. The van der Waals surface area contributed by atoms with Crippen LogP contribution in [0.4, 0.5) is 0 Å². The number of amides is 1. The van der Waals surface area contributed by atoms with Gasteiger partial charge >= 0.3 is 0 Å². The Hall–Kier alpha value is -1.37. The van der Waals surface area contributed by atoms with E-state index in [0.29, 0.717) is 37.6 Å². The third-order valence-corrected chi connectivity index (χ3v) is 5.17. The molecule has 2 fully saturated rings. The third-order valence-electron chi connectivity index (χ3n) is 5.17. The van der Waals surface area contributed by atoms with Crippen molar-refractivity contribution in [2.75, 3.05) is 27.3 Å². The smallest absolute Gasteiger partial charge is 0.289 e. The van der Waals surface area contributed by atoms with Crippen molar-refractivity contribution in [3.63, 3.8) is 0 Å². The zero-order chi connectivity index (χ0) is 15.7. The van der Waals surface area contributed by atoms with Gasteiger partial charge in [0, 0.05) is 39.1 Å². The first kappa shape index (κ1) is 15.5. The number of rotatable bonds is 4. The minimum atomic E-state index is -0.313. The van der Waals surface area contributed by atoms with E-state index in [1.807, 2.05) is 0 Å². The molecule has 0 unspecified atom stereocenters. The van der Waals surface area contributed by atoms with Crippen molar-refractivity contribution in [2.24, 2.45) is 5.41 Å². The van der Waals surface area contributed by atoms with Crippen LogP contribution in [0, 0.1) is 5.41 Å². The number of nitrogens with zero attached hydrogens (tertiary/aromatic N) is 1. The number of ether oxygens (including phenoxy) is 2. The van der Waals surface area contributed by atoms with E-state index in [-0.39, 0.29) is 23.5 Å². The van der Waals surface area contributed by atoms with Crippen molar-refractivity contribution in [1.82, 2.24) is 4.90 Å². The Bertz CT molecular complexity index is 532. The van der Waals surface area contributed by atoms with Crippen molar-refractivity contribution in [3.8, 4) is 0 Å². The number of methoxy groups -OCH3 is 2. The number of aliphatic hydroxyl groups is 1. The maximum atomic E-state index is 12.5. The van der Waals surface area contributed by atoms with E-state index in [4.69, 9.17) is 13.9 Å². The number of piperidine rings is 1. The molecule has 6 heteroatoms. The maximum absolute atomic E-state index is 12.5. The van der Waals surface area contributed by atoms with Crippen molar-refractivity contribution in [3.05, 3.63) is 23.7 Å². The number of aliphatic hydroxyl groups excluding tert-OH is 1. The predicted octanol–water partition coefficient (Wildman–Crippen LogP) is 1.43. The van der Waals surface area contributed by atoms with Crippen LogP contribution in [0.2, 0.25) is 0 Å². The molecule has 0 bridgehead atoms. The highest BCUT2D eigenvalue weighted by Gasteiger charge is 2.56. The molecule has 1 aliphatic heterocycles. The van der Waals surface area contributed by atoms with Crippen molar-refractivity contribution in [1.29, 1.82) is 0 Å². The molecule has 1 aromatic rings. The van der Waals surface area contributed by atoms with Crippen LogP contribution in [0.3, 0.4) is 0 Å². The van der Waals surface area contributed by atoms with Crippen molar-refractivity contribution < 1.29 is 23.8 Å². The molecule has 1 saturated heterocycles. The quantitative estimate of drug-likeness (QED) is 0.911. The molecule has 2 aliphatic rings. The Kier molecular flexibility index (Phi) is 4.25. The molecule has 2 atom stereocenters. The van der Waals surface area contributed by atoms with Gasteiger partial charge in [0.2, 0.25) is 0 Å².